The number of nitrogens with one attached hydrogen (secondary N) is 1. The molecule has 0 saturated heterocycles. The first-order valence-electron chi connectivity index (χ1n) is 6.07. The molecule has 2 aromatic rings. The number of ether oxygens (including phenoxy) is 1. The Balaban J connectivity index is 1.75. The molecule has 20 heavy (non-hydrogen) atoms. The van der Waals surface area contributed by atoms with Crippen molar-refractivity contribution >= 4 is 17.4 Å². The third-order valence-electron chi connectivity index (χ3n) is 2.89. The van der Waals surface area contributed by atoms with Crippen molar-refractivity contribution in [2.45, 2.75) is 6.54 Å². The maximum Gasteiger partial charge on any atom is 0.344 e. The van der Waals surface area contributed by atoms with Gasteiger partial charge >= 0.3 is 5.97 Å². The maximum absolute atomic E-state index is 11.8. The molecule has 1 N–H and O–H groups in total. The number of benzene rings is 1. The van der Waals surface area contributed by atoms with Crippen molar-refractivity contribution < 1.29 is 18.7 Å². The Kier molecular flexibility index (Phi) is 3.09. The van der Waals surface area contributed by atoms with E-state index >= 15 is 0 Å². The van der Waals surface area contributed by atoms with Crippen molar-refractivity contribution in [1.29, 1.82) is 0 Å². The van der Waals surface area contributed by atoms with Crippen LogP contribution in [0.1, 0.15) is 11.3 Å². The minimum absolute atomic E-state index is 0.262. The average Bonchev–Trinajstić information content (AvgIpc) is 3.06. The normalized spacial score (nSPS) is 15.0. The van der Waals surface area contributed by atoms with Crippen molar-refractivity contribution in [2.75, 3.05) is 0 Å². The Labute approximate surface area is 114 Å². The number of carbonyl (C=O) groups excluding carboxylic acids is 2. The number of hydrogen-bond donors (Lipinski definition) is 1. The van der Waals surface area contributed by atoms with Crippen molar-refractivity contribution in [1.82, 2.24) is 5.32 Å². The Morgan fingerprint density at radius 2 is 2.05 bits per heavy atom. The molecule has 0 unspecified atom stereocenters. The molecule has 1 aromatic carbocycles. The van der Waals surface area contributed by atoms with Crippen LogP contribution in [0, 0.1) is 0 Å². The number of carbonyl (C=O) groups is 2. The summed E-state index contributed by atoms with van der Waals surface area (Å²) in [6.45, 7) is 0.270. The van der Waals surface area contributed by atoms with E-state index < -0.39 is 5.97 Å². The SMILES string of the molecule is O=C(/C=C1\C(=O)Oc2ccccc21)NCc1ccco1. The number of furan rings is 1. The highest BCUT2D eigenvalue weighted by molar-refractivity contribution is 6.25. The van der Waals surface area contributed by atoms with Crippen LogP contribution < -0.4 is 10.1 Å². The van der Waals surface area contributed by atoms with Gasteiger partial charge in [0, 0.05) is 11.6 Å². The summed E-state index contributed by atoms with van der Waals surface area (Å²) in [6, 6.07) is 10.5. The fraction of sp³-hybridized carbons (Fsp3) is 0.0667. The van der Waals surface area contributed by atoms with E-state index in [0.29, 0.717) is 17.1 Å². The fourth-order valence-electron chi connectivity index (χ4n) is 1.95. The zero-order valence-electron chi connectivity index (χ0n) is 10.5. The van der Waals surface area contributed by atoms with Gasteiger partial charge in [0.05, 0.1) is 18.4 Å². The van der Waals surface area contributed by atoms with Crippen molar-refractivity contribution in [3.8, 4) is 5.75 Å². The second-order valence-corrected chi connectivity index (χ2v) is 4.24. The quantitative estimate of drug-likeness (QED) is 0.525. The van der Waals surface area contributed by atoms with Gasteiger partial charge < -0.3 is 14.5 Å². The molecule has 1 aliphatic heterocycles. The molecule has 0 atom stereocenters. The highest BCUT2D eigenvalue weighted by Crippen LogP contribution is 2.33. The summed E-state index contributed by atoms with van der Waals surface area (Å²) >= 11 is 0. The number of rotatable bonds is 3. The fourth-order valence-corrected chi connectivity index (χ4v) is 1.95. The first kappa shape index (κ1) is 12.2. The minimum atomic E-state index is -0.514. The third-order valence-corrected chi connectivity index (χ3v) is 2.89. The van der Waals surface area contributed by atoms with Crippen LogP contribution >= 0.6 is 0 Å². The molecule has 1 aliphatic rings. The van der Waals surface area contributed by atoms with Gasteiger partial charge in [-0.05, 0) is 18.2 Å². The third kappa shape index (κ3) is 2.33. The van der Waals surface area contributed by atoms with Gasteiger partial charge in [0.2, 0.25) is 5.91 Å². The van der Waals surface area contributed by atoms with Crippen LogP contribution in [0.4, 0.5) is 0 Å². The van der Waals surface area contributed by atoms with Crippen LogP contribution in [0.2, 0.25) is 0 Å². The Hall–Kier alpha value is -2.82. The monoisotopic (exact) mass is 269 g/mol. The zero-order chi connectivity index (χ0) is 13.9. The van der Waals surface area contributed by atoms with Crippen LogP contribution in [0.15, 0.2) is 53.2 Å². The van der Waals surface area contributed by atoms with Crippen molar-refractivity contribution in [2.24, 2.45) is 0 Å². The standard InChI is InChI=1S/C15H11NO4/c17-14(16-9-10-4-3-7-19-10)8-12-11-5-1-2-6-13(11)20-15(12)18/h1-8H,9H2,(H,16,17)/b12-8-. The van der Waals surface area contributed by atoms with Crippen LogP contribution in [0.25, 0.3) is 5.57 Å². The summed E-state index contributed by atoms with van der Waals surface area (Å²) in [5.41, 5.74) is 0.892. The van der Waals surface area contributed by atoms with E-state index in [9.17, 15) is 9.59 Å². The molecule has 5 nitrogen and oxygen atoms in total. The topological polar surface area (TPSA) is 68.5 Å². The van der Waals surface area contributed by atoms with Gasteiger partial charge in [-0.15, -0.1) is 0 Å². The van der Waals surface area contributed by atoms with Crippen LogP contribution in [0.3, 0.4) is 0 Å². The first-order chi connectivity index (χ1) is 9.74. The molecule has 0 spiro atoms. The average molecular weight is 269 g/mol. The second kappa shape index (κ2) is 5.05. The van der Waals surface area contributed by atoms with Gasteiger partial charge in [0.25, 0.3) is 0 Å². The summed E-state index contributed by atoms with van der Waals surface area (Å²) in [7, 11) is 0. The highest BCUT2D eigenvalue weighted by Gasteiger charge is 2.26. The molecule has 0 aliphatic carbocycles. The van der Waals surface area contributed by atoms with E-state index in [4.69, 9.17) is 9.15 Å². The molecule has 0 bridgehead atoms. The van der Waals surface area contributed by atoms with E-state index in [1.165, 1.54) is 12.3 Å². The predicted octanol–water partition coefficient (Wildman–Crippen LogP) is 1.90. The van der Waals surface area contributed by atoms with Crippen LogP contribution in [-0.4, -0.2) is 11.9 Å². The maximum atomic E-state index is 11.8. The molecule has 0 fully saturated rings. The molecular weight excluding hydrogens is 258 g/mol. The lowest BCUT2D eigenvalue weighted by atomic mass is 10.1. The van der Waals surface area contributed by atoms with Gasteiger partial charge in [-0.3, -0.25) is 4.79 Å². The smallest absolute Gasteiger partial charge is 0.344 e. The van der Waals surface area contributed by atoms with Gasteiger partial charge in [0.15, 0.2) is 0 Å². The Morgan fingerprint density at radius 3 is 2.85 bits per heavy atom. The Bertz CT molecular complexity index is 686. The molecule has 2 heterocycles. The van der Waals surface area contributed by atoms with Crippen molar-refractivity contribution in [3.63, 3.8) is 0 Å². The second-order valence-electron chi connectivity index (χ2n) is 4.24. The van der Waals surface area contributed by atoms with Crippen molar-refractivity contribution in [3.05, 3.63) is 60.1 Å². The highest BCUT2D eigenvalue weighted by atomic mass is 16.5. The molecule has 100 valence electrons. The van der Waals surface area contributed by atoms with Gasteiger partial charge in [-0.25, -0.2) is 4.79 Å². The molecule has 1 amide bonds. The lowest BCUT2D eigenvalue weighted by Gasteiger charge is -1.99. The molecular formula is C15H11NO4. The summed E-state index contributed by atoms with van der Waals surface area (Å²) in [5, 5.41) is 2.65. The number of hydrogen-bond acceptors (Lipinski definition) is 4. The molecule has 0 radical (unpaired) electrons. The summed E-state index contributed by atoms with van der Waals surface area (Å²) < 4.78 is 10.2. The molecule has 1 aromatic heterocycles. The minimum Gasteiger partial charge on any atom is -0.467 e. The summed E-state index contributed by atoms with van der Waals surface area (Å²) in [5.74, 6) is 0.234. The van der Waals surface area contributed by atoms with Gasteiger partial charge in [0.1, 0.15) is 11.5 Å². The van der Waals surface area contributed by atoms with Gasteiger partial charge in [-0.2, -0.15) is 0 Å². The lowest BCUT2D eigenvalue weighted by molar-refractivity contribution is -0.127. The van der Waals surface area contributed by atoms with E-state index in [-0.39, 0.29) is 18.0 Å². The molecule has 3 rings (SSSR count). The zero-order valence-corrected chi connectivity index (χ0v) is 10.5. The van der Waals surface area contributed by atoms with Crippen LogP contribution in [-0.2, 0) is 16.1 Å². The first-order valence-corrected chi connectivity index (χ1v) is 6.07. The number of para-hydroxylation sites is 1. The van der Waals surface area contributed by atoms with Crippen LogP contribution in [0.5, 0.6) is 5.75 Å². The van der Waals surface area contributed by atoms with E-state index in [1.54, 1.807) is 36.4 Å². The molecule has 5 heteroatoms. The lowest BCUT2D eigenvalue weighted by Crippen LogP contribution is -2.21. The number of amides is 1. The van der Waals surface area contributed by atoms with Gasteiger partial charge in [-0.1, -0.05) is 18.2 Å². The van der Waals surface area contributed by atoms with E-state index in [2.05, 4.69) is 5.32 Å². The number of fused-ring (bicyclic) bond motifs is 1. The number of esters is 1. The summed E-state index contributed by atoms with van der Waals surface area (Å²) in [4.78, 5) is 23.5. The van der Waals surface area contributed by atoms with E-state index in [1.807, 2.05) is 0 Å². The summed E-state index contributed by atoms with van der Waals surface area (Å²) in [6.07, 6.45) is 2.78. The molecule has 0 saturated carbocycles. The van der Waals surface area contributed by atoms with E-state index in [0.717, 1.165) is 0 Å². The largest absolute Gasteiger partial charge is 0.467 e. The predicted molar refractivity (Wildman–Crippen MR) is 70.6 cm³/mol. The Morgan fingerprint density at radius 1 is 1.20 bits per heavy atom.